The Morgan fingerprint density at radius 2 is 0.922 bits per heavy atom. The second kappa shape index (κ2) is 18.5. The van der Waals surface area contributed by atoms with E-state index >= 15 is 0 Å². The first-order chi connectivity index (χ1) is 35.9. The van der Waals surface area contributed by atoms with E-state index in [1.807, 2.05) is 6.20 Å². The molecule has 0 saturated heterocycles. The lowest BCUT2D eigenvalue weighted by atomic mass is 9.74. The molecule has 0 amide bonds. The summed E-state index contributed by atoms with van der Waals surface area (Å²) in [5, 5.41) is 15.2. The third kappa shape index (κ3) is 9.70. The Kier molecular flexibility index (Phi) is 12.7. The van der Waals surface area contributed by atoms with Crippen molar-refractivity contribution in [2.45, 2.75) is 157 Å². The molecule has 394 valence electrons. The van der Waals surface area contributed by atoms with Crippen molar-refractivity contribution in [3.05, 3.63) is 185 Å². The lowest BCUT2D eigenvalue weighted by molar-refractivity contribution is 0.446. The van der Waals surface area contributed by atoms with Gasteiger partial charge >= 0.3 is 0 Å². The van der Waals surface area contributed by atoms with Crippen LogP contribution in [0.15, 0.2) is 152 Å². The molecule has 0 aliphatic rings. The fraction of sp³-hybridized carbons (Fsp3) is 0.333. The molecular formula is C72H80N4O. The van der Waals surface area contributed by atoms with Crippen LogP contribution in [0.3, 0.4) is 0 Å². The molecule has 0 spiro atoms. The number of benzene rings is 7. The molecule has 0 aliphatic heterocycles. The summed E-state index contributed by atoms with van der Waals surface area (Å²) in [5.41, 5.74) is 19.2. The highest BCUT2D eigenvalue weighted by Gasteiger charge is 2.32. The first-order valence-corrected chi connectivity index (χ1v) is 27.7. The van der Waals surface area contributed by atoms with Crippen molar-refractivity contribution >= 4 is 32.8 Å². The van der Waals surface area contributed by atoms with E-state index < -0.39 is 0 Å². The fourth-order valence-corrected chi connectivity index (χ4v) is 11.3. The van der Waals surface area contributed by atoms with Crippen LogP contribution >= 0.6 is 0 Å². The van der Waals surface area contributed by atoms with E-state index in [1.165, 1.54) is 44.1 Å². The van der Waals surface area contributed by atoms with Crippen molar-refractivity contribution in [2.24, 2.45) is 0 Å². The molecule has 7 aromatic carbocycles. The molecule has 5 heteroatoms. The van der Waals surface area contributed by atoms with E-state index in [2.05, 4.69) is 279 Å². The van der Waals surface area contributed by atoms with E-state index in [0.29, 0.717) is 5.82 Å². The number of hydrogen-bond donors (Lipinski definition) is 1. The van der Waals surface area contributed by atoms with Crippen molar-refractivity contribution in [3.8, 4) is 62.0 Å². The van der Waals surface area contributed by atoms with Crippen molar-refractivity contribution in [2.75, 3.05) is 0 Å². The van der Waals surface area contributed by atoms with Crippen LogP contribution in [0.4, 0.5) is 0 Å². The average Bonchev–Trinajstić information content (AvgIpc) is 3.99. The summed E-state index contributed by atoms with van der Waals surface area (Å²) >= 11 is 0. The van der Waals surface area contributed by atoms with Crippen LogP contribution in [0, 0.1) is 0 Å². The second-order valence-corrected chi connectivity index (χ2v) is 27.9. The van der Waals surface area contributed by atoms with E-state index in [-0.39, 0.29) is 38.2 Å². The van der Waals surface area contributed by atoms with Crippen molar-refractivity contribution < 1.29 is 5.11 Å². The smallest absolute Gasteiger partial charge is 0.149 e. The number of aromatic nitrogens is 4. The van der Waals surface area contributed by atoms with Gasteiger partial charge in [0.15, 0.2) is 0 Å². The summed E-state index contributed by atoms with van der Waals surface area (Å²) < 4.78 is 4.75. The van der Waals surface area contributed by atoms with E-state index in [1.54, 1.807) is 0 Å². The maximum absolute atomic E-state index is 12.8. The van der Waals surface area contributed by atoms with Crippen LogP contribution in [-0.2, 0) is 32.5 Å². The molecule has 77 heavy (non-hydrogen) atoms. The molecule has 3 heterocycles. The zero-order valence-electron chi connectivity index (χ0n) is 49.2. The lowest BCUT2D eigenvalue weighted by Crippen LogP contribution is -2.19. The number of para-hydroxylation sites is 4. The van der Waals surface area contributed by atoms with Gasteiger partial charge in [0.1, 0.15) is 11.6 Å². The molecule has 5 nitrogen and oxygen atoms in total. The third-order valence-electron chi connectivity index (χ3n) is 15.7. The number of fused-ring (bicyclic) bond motifs is 4. The largest absolute Gasteiger partial charge is 0.507 e. The van der Waals surface area contributed by atoms with E-state index in [9.17, 15) is 5.11 Å². The Morgan fingerprint density at radius 1 is 0.377 bits per heavy atom. The highest BCUT2D eigenvalue weighted by molar-refractivity contribution is 6.14. The molecule has 0 saturated carbocycles. The van der Waals surface area contributed by atoms with Crippen LogP contribution < -0.4 is 0 Å². The monoisotopic (exact) mass is 1020 g/mol. The molecule has 1 N–H and O–H groups in total. The third-order valence-corrected chi connectivity index (χ3v) is 15.7. The van der Waals surface area contributed by atoms with Crippen molar-refractivity contribution in [1.82, 2.24) is 19.1 Å². The van der Waals surface area contributed by atoms with Crippen LogP contribution in [-0.4, -0.2) is 24.2 Å². The number of nitrogens with zero attached hydrogens (tertiary/aromatic N) is 4. The zero-order valence-corrected chi connectivity index (χ0v) is 49.2. The second-order valence-electron chi connectivity index (χ2n) is 27.9. The maximum atomic E-state index is 12.8. The molecule has 0 unspecified atom stereocenters. The summed E-state index contributed by atoms with van der Waals surface area (Å²) in [5.74, 6) is 0.984. The predicted molar refractivity (Wildman–Crippen MR) is 329 cm³/mol. The summed E-state index contributed by atoms with van der Waals surface area (Å²) in [7, 11) is 0. The first kappa shape index (κ1) is 53.2. The van der Waals surface area contributed by atoms with Crippen LogP contribution in [0.25, 0.3) is 89.1 Å². The highest BCUT2D eigenvalue weighted by atomic mass is 16.3. The van der Waals surface area contributed by atoms with Gasteiger partial charge in [0, 0.05) is 50.6 Å². The van der Waals surface area contributed by atoms with Crippen LogP contribution in [0.1, 0.15) is 158 Å². The normalized spacial score (nSPS) is 13.1. The molecule has 3 aromatic heterocycles. The summed E-state index contributed by atoms with van der Waals surface area (Å²) in [6, 6.07) is 53.6. The van der Waals surface area contributed by atoms with Crippen LogP contribution in [0.5, 0.6) is 5.75 Å². The fourth-order valence-electron chi connectivity index (χ4n) is 11.3. The number of aromatic hydroxyl groups is 1. The van der Waals surface area contributed by atoms with Gasteiger partial charge < -0.3 is 9.67 Å². The summed E-state index contributed by atoms with van der Waals surface area (Å²) in [6.07, 6.45) is 1.99. The molecule has 0 radical (unpaired) electrons. The predicted octanol–water partition coefficient (Wildman–Crippen LogP) is 19.7. The van der Waals surface area contributed by atoms with Crippen LogP contribution in [0.2, 0.25) is 0 Å². The topological polar surface area (TPSA) is 55.9 Å². The molecule has 0 fully saturated rings. The Bertz CT molecular complexity index is 3880. The number of pyridine rings is 1. The Labute approximate surface area is 459 Å². The number of rotatable bonds is 6. The van der Waals surface area contributed by atoms with Gasteiger partial charge in [0.2, 0.25) is 0 Å². The molecule has 0 atom stereocenters. The SMILES string of the molecule is CC(C)(C)c1cc(-n2c(-c3cc(C(C)(C)C)cc(C(C)(C)C)c3O)nc3c(-c4cc(-c5cc(-c6cccc7c8ccccc8n(-c8ccccc8)c67)ccn5)c(C(C)(C)C)cc4C(C)(C)C)cccc32)cc(C(C)(C)C)c1. The van der Waals surface area contributed by atoms with Gasteiger partial charge in [-0.1, -0.05) is 210 Å². The number of hydrogen-bond acceptors (Lipinski definition) is 3. The van der Waals surface area contributed by atoms with Gasteiger partial charge in [-0.25, -0.2) is 4.98 Å². The van der Waals surface area contributed by atoms with Crippen molar-refractivity contribution in [3.63, 3.8) is 0 Å². The maximum Gasteiger partial charge on any atom is 0.149 e. The summed E-state index contributed by atoms with van der Waals surface area (Å²) in [4.78, 5) is 11.1. The van der Waals surface area contributed by atoms with Gasteiger partial charge in [0.25, 0.3) is 0 Å². The van der Waals surface area contributed by atoms with Gasteiger partial charge in [0.05, 0.1) is 33.3 Å². The lowest BCUT2D eigenvalue weighted by Gasteiger charge is -2.30. The molecule has 10 rings (SSSR count). The first-order valence-electron chi connectivity index (χ1n) is 27.7. The number of phenolic OH excluding ortho intramolecular Hbond substituents is 1. The Balaban J connectivity index is 1.29. The van der Waals surface area contributed by atoms with E-state index in [4.69, 9.17) is 9.97 Å². The van der Waals surface area contributed by atoms with Gasteiger partial charge in [-0.2, -0.15) is 0 Å². The Morgan fingerprint density at radius 3 is 1.55 bits per heavy atom. The standard InChI is InChI=1S/C72H80N4O/c1-67(2,3)45-37-46(68(4,5)6)39-49(38-45)76-62-33-25-30-52(63(62)74-66(76)56-40-47(69(7,8)9)41-59(65(56)77)72(16,17)18)54-42-55(58(71(13,14)15)43-57(54)70(10,11)12)60-36-44(34-35-73-60)50-29-24-31-53-51-28-22-23-32-61(51)75(64(50)53)48-26-20-19-21-27-48/h19-43,77H,1-18H3. The molecule has 0 aliphatic carbocycles. The highest BCUT2D eigenvalue weighted by Crippen LogP contribution is 2.48. The number of phenols is 1. The minimum Gasteiger partial charge on any atom is -0.507 e. The number of imidazole rings is 1. The summed E-state index contributed by atoms with van der Waals surface area (Å²) in [6.45, 7) is 41.0. The van der Waals surface area contributed by atoms with Gasteiger partial charge in [-0.15, -0.1) is 0 Å². The molecule has 0 bridgehead atoms. The van der Waals surface area contributed by atoms with Crippen molar-refractivity contribution in [1.29, 1.82) is 0 Å². The minimum atomic E-state index is -0.335. The van der Waals surface area contributed by atoms with E-state index in [0.717, 1.165) is 72.6 Å². The molecule has 10 aromatic rings. The minimum absolute atomic E-state index is 0.129. The zero-order chi connectivity index (χ0) is 55.5. The van der Waals surface area contributed by atoms with Gasteiger partial charge in [-0.3, -0.25) is 9.55 Å². The average molecular weight is 1020 g/mol. The molecular weight excluding hydrogens is 937 g/mol. The Hall–Kier alpha value is -7.24. The quantitative estimate of drug-likeness (QED) is 0.181. The van der Waals surface area contributed by atoms with Gasteiger partial charge in [-0.05, 0) is 132 Å².